The molecule has 1 aliphatic rings. The van der Waals surface area contributed by atoms with Crippen LogP contribution in [0.15, 0.2) is 24.3 Å². The monoisotopic (exact) mass is 348 g/mol. The van der Waals surface area contributed by atoms with Crippen LogP contribution in [0.3, 0.4) is 0 Å². The number of hydrogen-bond acceptors (Lipinski definition) is 6. The number of carbonyl (C=O) groups is 2. The van der Waals surface area contributed by atoms with E-state index >= 15 is 0 Å². The number of methoxy groups -OCH3 is 1. The fourth-order valence-electron chi connectivity index (χ4n) is 2.52. The number of carbonyl (C=O) groups excluding carboxylic acids is 1. The highest BCUT2D eigenvalue weighted by molar-refractivity contribution is 7.18. The molecule has 2 aromatic rings. The number of aliphatic carboxylic acids is 1. The molecule has 2 amide bonds. The Morgan fingerprint density at radius 1 is 1.38 bits per heavy atom. The van der Waals surface area contributed by atoms with Crippen molar-refractivity contribution in [1.82, 2.24) is 15.1 Å². The second-order valence-electron chi connectivity index (χ2n) is 5.31. The van der Waals surface area contributed by atoms with E-state index in [1.54, 1.807) is 7.11 Å². The Kier molecular flexibility index (Phi) is 4.61. The van der Waals surface area contributed by atoms with Gasteiger partial charge in [0.1, 0.15) is 5.75 Å². The van der Waals surface area contributed by atoms with Crippen LogP contribution >= 0.6 is 11.3 Å². The fraction of sp³-hybridized carbons (Fsp3) is 0.333. The third-order valence-electron chi connectivity index (χ3n) is 3.80. The average Bonchev–Trinajstić information content (AvgIpc) is 3.24. The normalized spacial score (nSPS) is 16.9. The number of carboxylic acid groups (broad SMARTS) is 1. The number of ether oxygens (including phenoxy) is 1. The third kappa shape index (κ3) is 3.30. The standard InChI is InChI=1S/C15H16N4O4S/c1-23-11-5-3-2-4-10(11)12-17-18-14(24-12)16-15(22)19-7-6-9(8-19)13(20)21/h2-5,9H,6-8H2,1H3,(H,20,21)(H,16,18,22)/t9-/m1/s1. The van der Waals surface area contributed by atoms with Gasteiger partial charge in [-0.2, -0.15) is 0 Å². The van der Waals surface area contributed by atoms with E-state index in [9.17, 15) is 9.59 Å². The van der Waals surface area contributed by atoms with Crippen LogP contribution in [0.25, 0.3) is 10.6 Å². The molecule has 0 saturated carbocycles. The highest BCUT2D eigenvalue weighted by atomic mass is 32.1. The maximum Gasteiger partial charge on any atom is 0.323 e. The van der Waals surface area contributed by atoms with E-state index in [0.717, 1.165) is 5.56 Å². The first kappa shape index (κ1) is 16.2. The highest BCUT2D eigenvalue weighted by Gasteiger charge is 2.31. The Morgan fingerprint density at radius 2 is 2.17 bits per heavy atom. The van der Waals surface area contributed by atoms with E-state index in [1.807, 2.05) is 24.3 Å². The number of likely N-dealkylation sites (tertiary alicyclic amines) is 1. The number of hydrogen-bond donors (Lipinski definition) is 2. The molecule has 9 heteroatoms. The van der Waals surface area contributed by atoms with Crippen LogP contribution in [0.5, 0.6) is 5.75 Å². The molecule has 0 spiro atoms. The number of para-hydroxylation sites is 1. The second kappa shape index (κ2) is 6.83. The lowest BCUT2D eigenvalue weighted by molar-refractivity contribution is -0.141. The summed E-state index contributed by atoms with van der Waals surface area (Å²) in [5.74, 6) is -0.704. The van der Waals surface area contributed by atoms with Crippen molar-refractivity contribution in [2.24, 2.45) is 5.92 Å². The molecule has 3 rings (SSSR count). The molecule has 1 aromatic carbocycles. The van der Waals surface area contributed by atoms with Gasteiger partial charge in [-0.1, -0.05) is 23.5 Å². The quantitative estimate of drug-likeness (QED) is 0.877. The topological polar surface area (TPSA) is 105 Å². The number of nitrogens with one attached hydrogen (secondary N) is 1. The minimum absolute atomic E-state index is 0.208. The van der Waals surface area contributed by atoms with Crippen molar-refractivity contribution in [3.63, 3.8) is 0 Å². The Bertz CT molecular complexity index is 763. The van der Waals surface area contributed by atoms with Gasteiger partial charge in [-0.15, -0.1) is 10.2 Å². The van der Waals surface area contributed by atoms with Gasteiger partial charge in [0.15, 0.2) is 5.01 Å². The largest absolute Gasteiger partial charge is 0.496 e. The number of anilines is 1. The molecule has 0 aliphatic carbocycles. The van der Waals surface area contributed by atoms with Gasteiger partial charge in [-0.3, -0.25) is 10.1 Å². The van der Waals surface area contributed by atoms with E-state index < -0.39 is 11.9 Å². The SMILES string of the molecule is COc1ccccc1-c1nnc(NC(=O)N2CC[C@@H](C(=O)O)C2)s1. The molecule has 1 atom stereocenters. The van der Waals surface area contributed by atoms with Crippen molar-refractivity contribution >= 4 is 28.5 Å². The van der Waals surface area contributed by atoms with Crippen molar-refractivity contribution in [1.29, 1.82) is 0 Å². The summed E-state index contributed by atoms with van der Waals surface area (Å²) in [6.07, 6.45) is 0.464. The van der Waals surface area contributed by atoms with Gasteiger partial charge >= 0.3 is 12.0 Å². The summed E-state index contributed by atoms with van der Waals surface area (Å²) in [7, 11) is 1.58. The van der Waals surface area contributed by atoms with Crippen molar-refractivity contribution in [3.05, 3.63) is 24.3 Å². The van der Waals surface area contributed by atoms with E-state index in [0.29, 0.717) is 28.9 Å². The summed E-state index contributed by atoms with van der Waals surface area (Å²) < 4.78 is 5.29. The van der Waals surface area contributed by atoms with Crippen LogP contribution < -0.4 is 10.1 Å². The first-order valence-corrected chi connectivity index (χ1v) is 8.15. The summed E-state index contributed by atoms with van der Waals surface area (Å²) in [5.41, 5.74) is 0.796. The smallest absolute Gasteiger partial charge is 0.323 e. The van der Waals surface area contributed by atoms with Gasteiger partial charge < -0.3 is 14.7 Å². The zero-order valence-electron chi connectivity index (χ0n) is 12.9. The van der Waals surface area contributed by atoms with Gasteiger partial charge in [0, 0.05) is 13.1 Å². The van der Waals surface area contributed by atoms with Crippen molar-refractivity contribution in [2.45, 2.75) is 6.42 Å². The van der Waals surface area contributed by atoms with E-state index in [4.69, 9.17) is 9.84 Å². The molecule has 1 aliphatic heterocycles. The number of nitrogens with zero attached hydrogens (tertiary/aromatic N) is 3. The number of amides is 2. The number of benzene rings is 1. The van der Waals surface area contributed by atoms with Gasteiger partial charge in [0.2, 0.25) is 5.13 Å². The van der Waals surface area contributed by atoms with Crippen LogP contribution in [-0.2, 0) is 4.79 Å². The van der Waals surface area contributed by atoms with Gasteiger partial charge in [-0.25, -0.2) is 4.79 Å². The maximum absolute atomic E-state index is 12.2. The van der Waals surface area contributed by atoms with Crippen LogP contribution in [0, 0.1) is 5.92 Å². The molecule has 1 saturated heterocycles. The predicted octanol–water partition coefficient (Wildman–Crippen LogP) is 2.15. The Balaban J connectivity index is 1.68. The Hall–Kier alpha value is -2.68. The van der Waals surface area contributed by atoms with E-state index in [-0.39, 0.29) is 12.6 Å². The number of aromatic nitrogens is 2. The van der Waals surface area contributed by atoms with Gasteiger partial charge in [0.05, 0.1) is 18.6 Å². The van der Waals surface area contributed by atoms with Crippen molar-refractivity contribution in [2.75, 3.05) is 25.5 Å². The van der Waals surface area contributed by atoms with Crippen LogP contribution in [0.4, 0.5) is 9.93 Å². The lowest BCUT2D eigenvalue weighted by Crippen LogP contribution is -2.33. The van der Waals surface area contributed by atoms with Gasteiger partial charge in [-0.05, 0) is 18.6 Å². The molecule has 1 fully saturated rings. The predicted molar refractivity (Wildman–Crippen MR) is 88.2 cm³/mol. The molecule has 0 bridgehead atoms. The van der Waals surface area contributed by atoms with Crippen LogP contribution in [-0.4, -0.2) is 52.4 Å². The summed E-state index contributed by atoms with van der Waals surface area (Å²) in [6, 6.07) is 7.06. The molecule has 0 radical (unpaired) electrons. The lowest BCUT2D eigenvalue weighted by atomic mass is 10.1. The zero-order valence-corrected chi connectivity index (χ0v) is 13.7. The maximum atomic E-state index is 12.2. The highest BCUT2D eigenvalue weighted by Crippen LogP contribution is 2.33. The first-order valence-electron chi connectivity index (χ1n) is 7.34. The number of rotatable bonds is 4. The minimum atomic E-state index is -0.875. The second-order valence-corrected chi connectivity index (χ2v) is 6.29. The fourth-order valence-corrected chi connectivity index (χ4v) is 3.28. The molecule has 2 N–H and O–H groups in total. The molecule has 8 nitrogen and oxygen atoms in total. The molecular formula is C15H16N4O4S. The molecule has 2 heterocycles. The van der Waals surface area contributed by atoms with E-state index in [2.05, 4.69) is 15.5 Å². The molecule has 126 valence electrons. The first-order chi connectivity index (χ1) is 11.6. The van der Waals surface area contributed by atoms with Crippen LogP contribution in [0.2, 0.25) is 0 Å². The lowest BCUT2D eigenvalue weighted by Gasteiger charge is -2.14. The zero-order chi connectivity index (χ0) is 17.1. The average molecular weight is 348 g/mol. The molecule has 1 aromatic heterocycles. The van der Waals surface area contributed by atoms with Gasteiger partial charge in [0.25, 0.3) is 0 Å². The molecule has 24 heavy (non-hydrogen) atoms. The molecule has 0 unspecified atom stereocenters. The Labute approximate surface area is 142 Å². The van der Waals surface area contributed by atoms with Crippen molar-refractivity contribution < 1.29 is 19.4 Å². The van der Waals surface area contributed by atoms with E-state index in [1.165, 1.54) is 16.2 Å². The third-order valence-corrected chi connectivity index (χ3v) is 4.67. The summed E-state index contributed by atoms with van der Waals surface area (Å²) in [4.78, 5) is 24.6. The van der Waals surface area contributed by atoms with Crippen LogP contribution in [0.1, 0.15) is 6.42 Å². The minimum Gasteiger partial charge on any atom is -0.496 e. The molecular weight excluding hydrogens is 332 g/mol. The summed E-state index contributed by atoms with van der Waals surface area (Å²) in [6.45, 7) is 0.625. The number of urea groups is 1. The summed E-state index contributed by atoms with van der Waals surface area (Å²) in [5, 5.41) is 20.7. The number of carboxylic acids is 1. The summed E-state index contributed by atoms with van der Waals surface area (Å²) >= 11 is 1.23. The van der Waals surface area contributed by atoms with Crippen molar-refractivity contribution in [3.8, 4) is 16.3 Å². The Morgan fingerprint density at radius 3 is 2.88 bits per heavy atom.